The maximum atomic E-state index is 12.9. The number of halogens is 1. The fourth-order valence-corrected chi connectivity index (χ4v) is 2.44. The van der Waals surface area contributed by atoms with Crippen LogP contribution in [0.1, 0.15) is 11.1 Å². The van der Waals surface area contributed by atoms with Crippen LogP contribution in [0.3, 0.4) is 0 Å². The van der Waals surface area contributed by atoms with E-state index in [2.05, 4.69) is 5.32 Å². The predicted molar refractivity (Wildman–Crippen MR) is 100 cm³/mol. The Balaban J connectivity index is 1.79. The van der Waals surface area contributed by atoms with Gasteiger partial charge in [-0.05, 0) is 43.8 Å². The number of nitrogens with zero attached hydrogens (tertiary/aromatic N) is 2. The molecule has 2 rings (SSSR count). The highest BCUT2D eigenvalue weighted by Crippen LogP contribution is 2.08. The summed E-state index contributed by atoms with van der Waals surface area (Å²) >= 11 is 0. The van der Waals surface area contributed by atoms with Gasteiger partial charge >= 0.3 is 0 Å². The molecule has 0 saturated heterocycles. The third-order valence-corrected chi connectivity index (χ3v) is 3.91. The first-order chi connectivity index (χ1) is 12.3. The fourth-order valence-electron chi connectivity index (χ4n) is 2.44. The number of amides is 2. The summed E-state index contributed by atoms with van der Waals surface area (Å²) in [6.07, 6.45) is 0. The Hall–Kier alpha value is -2.73. The Kier molecular flexibility index (Phi) is 6.86. The molecule has 6 heteroatoms. The highest BCUT2D eigenvalue weighted by atomic mass is 19.1. The van der Waals surface area contributed by atoms with Gasteiger partial charge in [-0.3, -0.25) is 14.5 Å². The zero-order chi connectivity index (χ0) is 19.1. The van der Waals surface area contributed by atoms with E-state index in [0.29, 0.717) is 12.2 Å². The van der Waals surface area contributed by atoms with Gasteiger partial charge in [-0.1, -0.05) is 29.8 Å². The number of carbonyl (C=O) groups excluding carboxylic acids is 2. The van der Waals surface area contributed by atoms with Crippen molar-refractivity contribution in [2.24, 2.45) is 0 Å². The second kappa shape index (κ2) is 9.10. The molecule has 1 N–H and O–H groups in total. The summed E-state index contributed by atoms with van der Waals surface area (Å²) in [5, 5.41) is 2.68. The van der Waals surface area contributed by atoms with Crippen LogP contribution in [-0.4, -0.2) is 48.8 Å². The molecule has 0 aliphatic heterocycles. The summed E-state index contributed by atoms with van der Waals surface area (Å²) < 4.78 is 12.9. The van der Waals surface area contributed by atoms with E-state index >= 15 is 0 Å². The molecule has 2 amide bonds. The zero-order valence-corrected chi connectivity index (χ0v) is 15.3. The Labute approximate surface area is 153 Å². The van der Waals surface area contributed by atoms with Crippen LogP contribution in [0.15, 0.2) is 48.5 Å². The van der Waals surface area contributed by atoms with Crippen molar-refractivity contribution in [2.45, 2.75) is 13.5 Å². The maximum Gasteiger partial charge on any atom is 0.238 e. The molecule has 0 aliphatic rings. The fraction of sp³-hybridized carbons (Fsp3) is 0.300. The van der Waals surface area contributed by atoms with Crippen molar-refractivity contribution in [3.05, 3.63) is 65.5 Å². The van der Waals surface area contributed by atoms with Gasteiger partial charge in [-0.2, -0.15) is 0 Å². The van der Waals surface area contributed by atoms with E-state index in [1.54, 1.807) is 23.9 Å². The Morgan fingerprint density at radius 3 is 2.19 bits per heavy atom. The van der Waals surface area contributed by atoms with Crippen molar-refractivity contribution in [1.82, 2.24) is 9.80 Å². The van der Waals surface area contributed by atoms with Crippen LogP contribution in [0.2, 0.25) is 0 Å². The molecule has 0 bridgehead atoms. The SMILES string of the molecule is Cc1ccc(CN(C)C(=O)CN(C)CC(=O)Nc2ccc(F)cc2)cc1. The van der Waals surface area contributed by atoms with Gasteiger partial charge in [0, 0.05) is 19.3 Å². The van der Waals surface area contributed by atoms with Crippen LogP contribution in [-0.2, 0) is 16.1 Å². The van der Waals surface area contributed by atoms with Crippen LogP contribution in [0, 0.1) is 12.7 Å². The molecule has 0 heterocycles. The van der Waals surface area contributed by atoms with Crippen molar-refractivity contribution < 1.29 is 14.0 Å². The lowest BCUT2D eigenvalue weighted by molar-refractivity contribution is -0.131. The van der Waals surface area contributed by atoms with E-state index in [0.717, 1.165) is 5.56 Å². The molecule has 0 aromatic heterocycles. The Morgan fingerprint density at radius 1 is 0.962 bits per heavy atom. The van der Waals surface area contributed by atoms with E-state index in [-0.39, 0.29) is 30.7 Å². The third-order valence-electron chi connectivity index (χ3n) is 3.91. The largest absolute Gasteiger partial charge is 0.340 e. The number of hydrogen-bond donors (Lipinski definition) is 1. The molecule has 138 valence electrons. The van der Waals surface area contributed by atoms with Crippen LogP contribution in [0.5, 0.6) is 0 Å². The molecule has 2 aromatic carbocycles. The lowest BCUT2D eigenvalue weighted by Gasteiger charge is -2.21. The van der Waals surface area contributed by atoms with Gasteiger partial charge in [-0.25, -0.2) is 4.39 Å². The summed E-state index contributed by atoms with van der Waals surface area (Å²) in [6.45, 7) is 2.75. The predicted octanol–water partition coefficient (Wildman–Crippen LogP) is 2.66. The summed E-state index contributed by atoms with van der Waals surface area (Å²) in [6, 6.07) is 13.6. The minimum atomic E-state index is -0.359. The van der Waals surface area contributed by atoms with Gasteiger partial charge < -0.3 is 10.2 Å². The van der Waals surface area contributed by atoms with Crippen LogP contribution < -0.4 is 5.32 Å². The van der Waals surface area contributed by atoms with Crippen molar-refractivity contribution in [2.75, 3.05) is 32.5 Å². The van der Waals surface area contributed by atoms with Gasteiger partial charge in [0.1, 0.15) is 5.82 Å². The van der Waals surface area contributed by atoms with Crippen LogP contribution >= 0.6 is 0 Å². The number of rotatable bonds is 7. The summed E-state index contributed by atoms with van der Waals surface area (Å²) in [5.74, 6) is -0.682. The molecule has 0 spiro atoms. The lowest BCUT2D eigenvalue weighted by Crippen LogP contribution is -2.39. The zero-order valence-electron chi connectivity index (χ0n) is 15.3. The molecule has 0 radical (unpaired) electrons. The number of carbonyl (C=O) groups is 2. The molecular formula is C20H24FN3O2. The molecule has 5 nitrogen and oxygen atoms in total. The van der Waals surface area contributed by atoms with Crippen molar-refractivity contribution in [1.29, 1.82) is 0 Å². The van der Waals surface area contributed by atoms with Crippen molar-refractivity contribution >= 4 is 17.5 Å². The van der Waals surface area contributed by atoms with E-state index < -0.39 is 0 Å². The monoisotopic (exact) mass is 357 g/mol. The average Bonchev–Trinajstić information content (AvgIpc) is 2.58. The molecule has 26 heavy (non-hydrogen) atoms. The van der Waals surface area contributed by atoms with E-state index in [1.807, 2.05) is 31.2 Å². The second-order valence-corrected chi connectivity index (χ2v) is 6.46. The molecular weight excluding hydrogens is 333 g/mol. The van der Waals surface area contributed by atoms with Gasteiger partial charge in [-0.15, -0.1) is 0 Å². The third kappa shape index (κ3) is 6.29. The number of aryl methyl sites for hydroxylation is 1. The summed E-state index contributed by atoms with van der Waals surface area (Å²) in [4.78, 5) is 27.6. The number of anilines is 1. The van der Waals surface area contributed by atoms with Crippen LogP contribution in [0.4, 0.5) is 10.1 Å². The van der Waals surface area contributed by atoms with Gasteiger partial charge in [0.2, 0.25) is 11.8 Å². The highest BCUT2D eigenvalue weighted by molar-refractivity contribution is 5.92. The van der Waals surface area contributed by atoms with Crippen LogP contribution in [0.25, 0.3) is 0 Å². The first-order valence-electron chi connectivity index (χ1n) is 8.37. The van der Waals surface area contributed by atoms with Gasteiger partial charge in [0.15, 0.2) is 0 Å². The molecule has 2 aromatic rings. The molecule has 0 aliphatic carbocycles. The molecule has 0 unspecified atom stereocenters. The number of hydrogen-bond acceptors (Lipinski definition) is 3. The van der Waals surface area contributed by atoms with E-state index in [1.165, 1.54) is 29.8 Å². The number of nitrogens with one attached hydrogen (secondary N) is 1. The standard InChI is InChI=1S/C20H24FN3O2/c1-15-4-6-16(7-5-15)12-24(3)20(26)14-23(2)13-19(25)22-18-10-8-17(21)9-11-18/h4-11H,12-14H2,1-3H3,(H,22,25). The summed E-state index contributed by atoms with van der Waals surface area (Å²) in [5.41, 5.74) is 2.76. The Bertz CT molecular complexity index is 745. The quantitative estimate of drug-likeness (QED) is 0.829. The van der Waals surface area contributed by atoms with E-state index in [4.69, 9.17) is 0 Å². The minimum Gasteiger partial charge on any atom is -0.340 e. The lowest BCUT2D eigenvalue weighted by atomic mass is 10.1. The van der Waals surface area contributed by atoms with Gasteiger partial charge in [0.25, 0.3) is 0 Å². The highest BCUT2D eigenvalue weighted by Gasteiger charge is 2.14. The van der Waals surface area contributed by atoms with E-state index in [9.17, 15) is 14.0 Å². The second-order valence-electron chi connectivity index (χ2n) is 6.46. The average molecular weight is 357 g/mol. The van der Waals surface area contributed by atoms with Crippen molar-refractivity contribution in [3.8, 4) is 0 Å². The first kappa shape index (κ1) is 19.6. The molecule has 0 atom stereocenters. The van der Waals surface area contributed by atoms with Crippen molar-refractivity contribution in [3.63, 3.8) is 0 Å². The Morgan fingerprint density at radius 2 is 1.58 bits per heavy atom. The normalized spacial score (nSPS) is 10.7. The minimum absolute atomic E-state index is 0.0670. The maximum absolute atomic E-state index is 12.9. The summed E-state index contributed by atoms with van der Waals surface area (Å²) in [7, 11) is 3.45. The smallest absolute Gasteiger partial charge is 0.238 e. The molecule has 0 saturated carbocycles. The number of benzene rings is 2. The number of likely N-dealkylation sites (N-methyl/N-ethyl adjacent to an activating group) is 2. The molecule has 0 fully saturated rings. The first-order valence-corrected chi connectivity index (χ1v) is 8.37. The topological polar surface area (TPSA) is 52.7 Å². The van der Waals surface area contributed by atoms with Gasteiger partial charge in [0.05, 0.1) is 13.1 Å².